The first-order chi connectivity index (χ1) is 12.0. The van der Waals surface area contributed by atoms with Crippen LogP contribution in [0.3, 0.4) is 0 Å². The van der Waals surface area contributed by atoms with Crippen LogP contribution in [0.25, 0.3) is 0 Å². The summed E-state index contributed by atoms with van der Waals surface area (Å²) in [6, 6.07) is 13.9. The first kappa shape index (κ1) is 17.7. The smallest absolute Gasteiger partial charge is 0.243 e. The number of hydrogen-bond acceptors (Lipinski definition) is 4. The summed E-state index contributed by atoms with van der Waals surface area (Å²) in [4.78, 5) is 14.3. The molecule has 2 aromatic rings. The highest BCUT2D eigenvalue weighted by atomic mass is 32.2. The highest BCUT2D eigenvalue weighted by Gasteiger charge is 2.29. The van der Waals surface area contributed by atoms with Gasteiger partial charge in [0.15, 0.2) is 5.78 Å². The second-order valence-corrected chi connectivity index (χ2v) is 7.86. The molecule has 2 aromatic carbocycles. The molecule has 0 radical (unpaired) electrons. The Hall–Kier alpha value is -2.09. The molecule has 0 aliphatic carbocycles. The van der Waals surface area contributed by atoms with Crippen molar-refractivity contribution in [3.05, 3.63) is 66.0 Å². The maximum Gasteiger partial charge on any atom is 0.243 e. The Morgan fingerprint density at radius 1 is 0.920 bits per heavy atom. The number of sulfonamides is 1. The molecule has 0 aromatic heterocycles. The number of Topliss-reactive ketones (excluding diaryl/α,β-unsaturated/α-hetero) is 1. The van der Waals surface area contributed by atoms with Crippen molar-refractivity contribution in [2.45, 2.75) is 4.90 Å². The van der Waals surface area contributed by atoms with E-state index in [-0.39, 0.29) is 17.2 Å². The van der Waals surface area contributed by atoms with Crippen LogP contribution in [0.1, 0.15) is 10.4 Å². The molecule has 0 atom stereocenters. The highest BCUT2D eigenvalue weighted by Crippen LogP contribution is 2.18. The van der Waals surface area contributed by atoms with Crippen molar-refractivity contribution in [3.63, 3.8) is 0 Å². The summed E-state index contributed by atoms with van der Waals surface area (Å²) in [5, 5.41) is 0. The van der Waals surface area contributed by atoms with Gasteiger partial charge in [0, 0.05) is 31.7 Å². The quantitative estimate of drug-likeness (QED) is 0.764. The number of nitrogens with zero attached hydrogens (tertiary/aromatic N) is 2. The zero-order valence-electron chi connectivity index (χ0n) is 13.6. The number of hydrogen-bond donors (Lipinski definition) is 0. The van der Waals surface area contributed by atoms with Gasteiger partial charge in [-0.25, -0.2) is 12.8 Å². The molecule has 0 bridgehead atoms. The van der Waals surface area contributed by atoms with Crippen LogP contribution >= 0.6 is 0 Å². The zero-order chi connectivity index (χ0) is 17.9. The predicted octanol–water partition coefficient (Wildman–Crippen LogP) is 2.01. The van der Waals surface area contributed by atoms with Gasteiger partial charge in [0.2, 0.25) is 10.0 Å². The molecule has 0 unspecified atom stereocenters. The molecule has 0 saturated carbocycles. The van der Waals surface area contributed by atoms with Gasteiger partial charge in [-0.1, -0.05) is 30.3 Å². The maximum atomic E-state index is 13.0. The van der Waals surface area contributed by atoms with Crippen molar-refractivity contribution in [2.24, 2.45) is 0 Å². The second kappa shape index (κ2) is 7.43. The fourth-order valence-corrected chi connectivity index (χ4v) is 4.22. The number of benzene rings is 2. The molecule has 25 heavy (non-hydrogen) atoms. The monoisotopic (exact) mass is 362 g/mol. The van der Waals surface area contributed by atoms with E-state index >= 15 is 0 Å². The summed E-state index contributed by atoms with van der Waals surface area (Å²) in [7, 11) is -3.63. The summed E-state index contributed by atoms with van der Waals surface area (Å²) < 4.78 is 39.5. The van der Waals surface area contributed by atoms with Crippen LogP contribution in [0.5, 0.6) is 0 Å². The average Bonchev–Trinajstić information content (AvgIpc) is 2.63. The lowest BCUT2D eigenvalue weighted by Crippen LogP contribution is -2.49. The number of carbonyl (C=O) groups excluding carboxylic acids is 1. The number of halogens is 1. The van der Waals surface area contributed by atoms with Crippen LogP contribution in [-0.4, -0.2) is 56.1 Å². The maximum absolute atomic E-state index is 13.0. The van der Waals surface area contributed by atoms with Crippen LogP contribution in [0.4, 0.5) is 4.39 Å². The predicted molar refractivity (Wildman–Crippen MR) is 92.4 cm³/mol. The molecular formula is C18H19FN2O3S. The van der Waals surface area contributed by atoms with Crippen molar-refractivity contribution in [1.29, 1.82) is 0 Å². The van der Waals surface area contributed by atoms with Crippen molar-refractivity contribution in [3.8, 4) is 0 Å². The summed E-state index contributed by atoms with van der Waals surface area (Å²) in [5.74, 6) is -0.446. The second-order valence-electron chi connectivity index (χ2n) is 5.92. The molecule has 1 heterocycles. The third kappa shape index (κ3) is 4.12. The normalized spacial score (nSPS) is 16.7. The molecule has 1 aliphatic rings. The lowest BCUT2D eigenvalue weighted by molar-refractivity contribution is 0.0901. The number of ketones is 1. The van der Waals surface area contributed by atoms with E-state index in [9.17, 15) is 17.6 Å². The Morgan fingerprint density at radius 2 is 1.52 bits per heavy atom. The van der Waals surface area contributed by atoms with E-state index in [1.807, 2.05) is 23.1 Å². The lowest BCUT2D eigenvalue weighted by atomic mass is 10.1. The molecule has 5 nitrogen and oxygen atoms in total. The van der Waals surface area contributed by atoms with Crippen molar-refractivity contribution in [1.82, 2.24) is 9.21 Å². The van der Waals surface area contributed by atoms with E-state index in [4.69, 9.17) is 0 Å². The van der Waals surface area contributed by atoms with Gasteiger partial charge in [-0.3, -0.25) is 9.69 Å². The van der Waals surface area contributed by atoms with Gasteiger partial charge in [-0.05, 0) is 24.3 Å². The van der Waals surface area contributed by atoms with E-state index in [2.05, 4.69) is 0 Å². The first-order valence-corrected chi connectivity index (χ1v) is 9.47. The number of piperazine rings is 1. The van der Waals surface area contributed by atoms with E-state index in [0.29, 0.717) is 31.7 Å². The van der Waals surface area contributed by atoms with E-state index in [1.54, 1.807) is 12.1 Å². The highest BCUT2D eigenvalue weighted by molar-refractivity contribution is 7.89. The minimum absolute atomic E-state index is 0.0236. The van der Waals surface area contributed by atoms with E-state index in [1.165, 1.54) is 16.4 Å². The van der Waals surface area contributed by atoms with Crippen LogP contribution < -0.4 is 0 Å². The fraction of sp³-hybridized carbons (Fsp3) is 0.278. The Labute approximate surface area is 146 Å². The Balaban J connectivity index is 1.60. The van der Waals surface area contributed by atoms with Gasteiger partial charge in [-0.15, -0.1) is 0 Å². The summed E-state index contributed by atoms with van der Waals surface area (Å²) in [5.41, 5.74) is 0.656. The van der Waals surface area contributed by atoms with Gasteiger partial charge in [0.25, 0.3) is 0 Å². The third-order valence-corrected chi connectivity index (χ3v) is 6.16. The van der Waals surface area contributed by atoms with Crippen LogP contribution in [0.2, 0.25) is 0 Å². The molecule has 0 spiro atoms. The number of rotatable bonds is 5. The van der Waals surface area contributed by atoms with Gasteiger partial charge >= 0.3 is 0 Å². The molecule has 132 valence electrons. The van der Waals surface area contributed by atoms with Gasteiger partial charge < -0.3 is 0 Å². The van der Waals surface area contributed by atoms with Gasteiger partial charge in [0.05, 0.1) is 11.4 Å². The van der Waals surface area contributed by atoms with Crippen LogP contribution in [0, 0.1) is 5.82 Å². The van der Waals surface area contributed by atoms with Crippen molar-refractivity contribution < 1.29 is 17.6 Å². The average molecular weight is 362 g/mol. The summed E-state index contributed by atoms with van der Waals surface area (Å²) >= 11 is 0. The minimum Gasteiger partial charge on any atom is -0.293 e. The lowest BCUT2D eigenvalue weighted by Gasteiger charge is -2.33. The molecular weight excluding hydrogens is 343 g/mol. The Kier molecular flexibility index (Phi) is 5.27. The van der Waals surface area contributed by atoms with Crippen molar-refractivity contribution >= 4 is 15.8 Å². The number of carbonyl (C=O) groups is 1. The summed E-state index contributed by atoms with van der Waals surface area (Å²) in [6.07, 6.45) is 0. The fourth-order valence-electron chi connectivity index (χ4n) is 2.80. The summed E-state index contributed by atoms with van der Waals surface area (Å²) in [6.45, 7) is 1.86. The molecule has 1 aliphatic heterocycles. The third-order valence-electron chi connectivity index (χ3n) is 4.25. The minimum atomic E-state index is -3.63. The zero-order valence-corrected chi connectivity index (χ0v) is 14.5. The molecule has 3 rings (SSSR count). The van der Waals surface area contributed by atoms with Gasteiger partial charge in [0.1, 0.15) is 5.82 Å². The molecule has 0 amide bonds. The van der Waals surface area contributed by atoms with Crippen LogP contribution in [0.15, 0.2) is 59.5 Å². The van der Waals surface area contributed by atoms with E-state index in [0.717, 1.165) is 12.1 Å². The Morgan fingerprint density at radius 3 is 2.12 bits per heavy atom. The largest absolute Gasteiger partial charge is 0.293 e. The van der Waals surface area contributed by atoms with Gasteiger partial charge in [-0.2, -0.15) is 4.31 Å². The standard InChI is InChI=1S/C18H19FN2O3S/c19-16-6-8-17(9-7-16)25(23,24)21-12-10-20(11-13-21)14-18(22)15-4-2-1-3-5-15/h1-9H,10-14H2. The molecule has 1 saturated heterocycles. The molecule has 1 fully saturated rings. The SMILES string of the molecule is O=C(CN1CCN(S(=O)(=O)c2ccc(F)cc2)CC1)c1ccccc1. The van der Waals surface area contributed by atoms with Crippen LogP contribution in [-0.2, 0) is 10.0 Å². The topological polar surface area (TPSA) is 57.7 Å². The Bertz CT molecular complexity index is 830. The van der Waals surface area contributed by atoms with Crippen molar-refractivity contribution in [2.75, 3.05) is 32.7 Å². The first-order valence-electron chi connectivity index (χ1n) is 8.03. The molecule has 0 N–H and O–H groups in total. The molecule has 7 heteroatoms. The van der Waals surface area contributed by atoms with E-state index < -0.39 is 15.8 Å².